The van der Waals surface area contributed by atoms with Crippen LogP contribution in [0.5, 0.6) is 0 Å². The molecule has 1 aromatic rings. The number of anilines is 2. The quantitative estimate of drug-likeness (QED) is 0.602. The molecule has 0 spiro atoms. The summed E-state index contributed by atoms with van der Waals surface area (Å²) < 4.78 is 0. The maximum absolute atomic E-state index is 8.63. The van der Waals surface area contributed by atoms with Gasteiger partial charge in [-0.1, -0.05) is 0 Å². The van der Waals surface area contributed by atoms with Crippen LogP contribution in [0.4, 0.5) is 11.5 Å². The molecule has 0 radical (unpaired) electrons. The van der Waals surface area contributed by atoms with Crippen LogP contribution in [-0.4, -0.2) is 23.2 Å². The first kappa shape index (κ1) is 9.29. The third kappa shape index (κ3) is 2.07. The summed E-state index contributed by atoms with van der Waals surface area (Å²) in [6, 6.07) is 3.49. The number of aromatic nitrogens is 1. The van der Waals surface area contributed by atoms with E-state index in [-0.39, 0.29) is 6.61 Å². The van der Waals surface area contributed by atoms with Gasteiger partial charge in [-0.25, -0.2) is 4.98 Å². The van der Waals surface area contributed by atoms with Gasteiger partial charge in [0.2, 0.25) is 0 Å². The predicted molar refractivity (Wildman–Crippen MR) is 48.9 cm³/mol. The monoisotopic (exact) mass is 178 g/mol. The smallest absolute Gasteiger partial charge is 0.150 e. The normalized spacial score (nSPS) is 9.23. The number of nitriles is 1. The number of aliphatic hydroxyl groups excluding tert-OH is 1. The molecule has 0 aliphatic heterocycles. The van der Waals surface area contributed by atoms with Gasteiger partial charge in [-0.3, -0.25) is 0 Å². The summed E-state index contributed by atoms with van der Waals surface area (Å²) in [5.41, 5.74) is 6.31. The summed E-state index contributed by atoms with van der Waals surface area (Å²) >= 11 is 0. The van der Waals surface area contributed by atoms with Crippen molar-refractivity contribution < 1.29 is 5.11 Å². The number of pyridine rings is 1. The first-order valence-corrected chi connectivity index (χ1v) is 3.79. The number of nitrogens with zero attached hydrogens (tertiary/aromatic N) is 2. The largest absolute Gasteiger partial charge is 0.395 e. The second kappa shape index (κ2) is 4.28. The molecule has 68 valence electrons. The van der Waals surface area contributed by atoms with Gasteiger partial charge in [0.25, 0.3) is 0 Å². The van der Waals surface area contributed by atoms with Crippen molar-refractivity contribution in [3.05, 3.63) is 17.8 Å². The number of nitrogens with two attached hydrogens (primary N) is 1. The van der Waals surface area contributed by atoms with E-state index in [1.807, 2.05) is 6.07 Å². The zero-order valence-electron chi connectivity index (χ0n) is 6.99. The van der Waals surface area contributed by atoms with E-state index in [1.54, 1.807) is 6.07 Å². The van der Waals surface area contributed by atoms with Gasteiger partial charge >= 0.3 is 0 Å². The molecule has 0 aliphatic carbocycles. The highest BCUT2D eigenvalue weighted by Gasteiger charge is 2.03. The molecule has 4 N–H and O–H groups in total. The maximum Gasteiger partial charge on any atom is 0.150 e. The lowest BCUT2D eigenvalue weighted by molar-refractivity contribution is 0.311. The van der Waals surface area contributed by atoms with Crippen molar-refractivity contribution in [3.8, 4) is 6.07 Å². The van der Waals surface area contributed by atoms with E-state index < -0.39 is 0 Å². The van der Waals surface area contributed by atoms with E-state index in [4.69, 9.17) is 16.1 Å². The standard InChI is InChI=1S/C8H10N4O/c9-5-6-1-2-11-8(7(6)10)12-3-4-13/h1-2,13H,3-4,10H2,(H,11,12). The van der Waals surface area contributed by atoms with Gasteiger partial charge in [0, 0.05) is 12.7 Å². The SMILES string of the molecule is N#Cc1ccnc(NCCO)c1N. The molecule has 5 heteroatoms. The molecule has 0 fully saturated rings. The first-order valence-electron chi connectivity index (χ1n) is 3.79. The molecule has 0 aliphatic rings. The highest BCUT2D eigenvalue weighted by atomic mass is 16.3. The van der Waals surface area contributed by atoms with E-state index in [9.17, 15) is 0 Å². The van der Waals surface area contributed by atoms with E-state index in [2.05, 4.69) is 10.3 Å². The summed E-state index contributed by atoms with van der Waals surface area (Å²) in [4.78, 5) is 3.93. The average molecular weight is 178 g/mol. The minimum atomic E-state index is -0.00208. The molecule has 0 bridgehead atoms. The Hall–Kier alpha value is -1.80. The van der Waals surface area contributed by atoms with Crippen LogP contribution in [0.1, 0.15) is 5.56 Å². The Kier molecular flexibility index (Phi) is 3.06. The molecule has 0 atom stereocenters. The molecule has 0 amide bonds. The van der Waals surface area contributed by atoms with Crippen molar-refractivity contribution in [3.63, 3.8) is 0 Å². The molecule has 1 aromatic heterocycles. The lowest BCUT2D eigenvalue weighted by atomic mass is 10.2. The summed E-state index contributed by atoms with van der Waals surface area (Å²) in [7, 11) is 0. The lowest BCUT2D eigenvalue weighted by Crippen LogP contribution is -2.09. The Morgan fingerprint density at radius 2 is 2.46 bits per heavy atom. The van der Waals surface area contributed by atoms with Gasteiger partial charge in [-0.2, -0.15) is 5.26 Å². The van der Waals surface area contributed by atoms with E-state index in [0.29, 0.717) is 23.6 Å². The van der Waals surface area contributed by atoms with Gasteiger partial charge < -0.3 is 16.2 Å². The van der Waals surface area contributed by atoms with Crippen molar-refractivity contribution in [2.75, 3.05) is 24.2 Å². The molecule has 0 aromatic carbocycles. The van der Waals surface area contributed by atoms with Crippen LogP contribution in [0.2, 0.25) is 0 Å². The van der Waals surface area contributed by atoms with Crippen molar-refractivity contribution in [1.29, 1.82) is 5.26 Å². The van der Waals surface area contributed by atoms with E-state index in [0.717, 1.165) is 0 Å². The molecule has 1 rings (SSSR count). The van der Waals surface area contributed by atoms with Crippen molar-refractivity contribution >= 4 is 11.5 Å². The molecule has 0 saturated heterocycles. The fourth-order valence-corrected chi connectivity index (χ4v) is 0.886. The molecule has 1 heterocycles. The van der Waals surface area contributed by atoms with Crippen LogP contribution >= 0.6 is 0 Å². The van der Waals surface area contributed by atoms with Crippen molar-refractivity contribution in [1.82, 2.24) is 4.98 Å². The molecular formula is C8H10N4O. The fraction of sp³-hybridized carbons (Fsp3) is 0.250. The molecule has 13 heavy (non-hydrogen) atoms. The Balaban J connectivity index is 2.90. The summed E-state index contributed by atoms with van der Waals surface area (Å²) in [6.07, 6.45) is 1.49. The molecule has 0 saturated carbocycles. The molecular weight excluding hydrogens is 168 g/mol. The minimum absolute atomic E-state index is 0.00208. The van der Waals surface area contributed by atoms with Crippen LogP contribution in [0.25, 0.3) is 0 Å². The lowest BCUT2D eigenvalue weighted by Gasteiger charge is -2.06. The van der Waals surface area contributed by atoms with Gasteiger partial charge in [0.15, 0.2) is 5.82 Å². The number of nitrogens with one attached hydrogen (secondary N) is 1. The topological polar surface area (TPSA) is 95.0 Å². The highest BCUT2D eigenvalue weighted by molar-refractivity contribution is 5.68. The Labute approximate surface area is 75.8 Å². The van der Waals surface area contributed by atoms with E-state index >= 15 is 0 Å². The number of rotatable bonds is 3. The second-order valence-corrected chi connectivity index (χ2v) is 2.38. The van der Waals surface area contributed by atoms with Crippen LogP contribution in [-0.2, 0) is 0 Å². The second-order valence-electron chi connectivity index (χ2n) is 2.38. The van der Waals surface area contributed by atoms with E-state index in [1.165, 1.54) is 6.20 Å². The summed E-state index contributed by atoms with van der Waals surface area (Å²) in [5, 5.41) is 20.0. The zero-order valence-corrected chi connectivity index (χ0v) is 6.99. The van der Waals surface area contributed by atoms with Crippen molar-refractivity contribution in [2.24, 2.45) is 0 Å². The first-order chi connectivity index (χ1) is 6.29. The van der Waals surface area contributed by atoms with Crippen molar-refractivity contribution in [2.45, 2.75) is 0 Å². The number of hydrogen-bond acceptors (Lipinski definition) is 5. The van der Waals surface area contributed by atoms with Crippen LogP contribution in [0, 0.1) is 11.3 Å². The Bertz CT molecular complexity index is 331. The Morgan fingerprint density at radius 3 is 3.08 bits per heavy atom. The zero-order chi connectivity index (χ0) is 9.68. The fourth-order valence-electron chi connectivity index (χ4n) is 0.886. The third-order valence-corrected chi connectivity index (χ3v) is 1.51. The average Bonchev–Trinajstić information content (AvgIpc) is 2.16. The van der Waals surface area contributed by atoms with Gasteiger partial charge in [-0.15, -0.1) is 0 Å². The number of aliphatic hydroxyl groups is 1. The highest BCUT2D eigenvalue weighted by Crippen LogP contribution is 2.18. The number of hydrogen-bond donors (Lipinski definition) is 3. The maximum atomic E-state index is 8.63. The minimum Gasteiger partial charge on any atom is -0.395 e. The summed E-state index contributed by atoms with van der Waals surface area (Å²) in [5.74, 6) is 0.438. The van der Waals surface area contributed by atoms with Crippen LogP contribution in [0.15, 0.2) is 12.3 Å². The number of nitrogen functional groups attached to an aromatic ring is 1. The summed E-state index contributed by atoms with van der Waals surface area (Å²) in [6.45, 7) is 0.365. The van der Waals surface area contributed by atoms with Gasteiger partial charge in [0.1, 0.15) is 6.07 Å². The van der Waals surface area contributed by atoms with Gasteiger partial charge in [0.05, 0.1) is 17.9 Å². The predicted octanol–water partition coefficient (Wildman–Crippen LogP) is -0.0603. The third-order valence-electron chi connectivity index (χ3n) is 1.51. The molecule has 5 nitrogen and oxygen atoms in total. The van der Waals surface area contributed by atoms with Crippen LogP contribution in [0.3, 0.4) is 0 Å². The van der Waals surface area contributed by atoms with Gasteiger partial charge in [-0.05, 0) is 6.07 Å². The van der Waals surface area contributed by atoms with Crippen LogP contribution < -0.4 is 11.1 Å². The molecule has 0 unspecified atom stereocenters. The Morgan fingerprint density at radius 1 is 1.69 bits per heavy atom.